The van der Waals surface area contributed by atoms with Gasteiger partial charge in [0, 0.05) is 43.9 Å². The number of benzene rings is 4. The number of nitrogens with zero attached hydrogens (tertiary/aromatic N) is 2. The Morgan fingerprint density at radius 1 is 0.585 bits per heavy atom. The molecule has 2 aliphatic heterocycles. The summed E-state index contributed by atoms with van der Waals surface area (Å²) in [6, 6.07) is 33.1. The summed E-state index contributed by atoms with van der Waals surface area (Å²) in [5, 5.41) is -0.0305. The van der Waals surface area contributed by atoms with Gasteiger partial charge in [0.1, 0.15) is 19.0 Å². The van der Waals surface area contributed by atoms with Crippen molar-refractivity contribution in [1.82, 2.24) is 9.80 Å². The number of Topliss-reactive ketones (excluding diaryl/α,β-unsaturated/α-hetero) is 1. The van der Waals surface area contributed by atoms with Crippen LogP contribution < -0.4 is 0 Å². The van der Waals surface area contributed by atoms with E-state index < -0.39 is 0 Å². The van der Waals surface area contributed by atoms with Gasteiger partial charge in [0.25, 0.3) is 0 Å². The Morgan fingerprint density at radius 3 is 1.32 bits per heavy atom. The van der Waals surface area contributed by atoms with Crippen LogP contribution in [0.3, 0.4) is 0 Å². The van der Waals surface area contributed by atoms with E-state index in [-0.39, 0.29) is 46.9 Å². The fraction of sp³-hybridized carbons (Fsp3) is 0.349. The number of piperidine rings is 2. The van der Waals surface area contributed by atoms with Gasteiger partial charge in [-0.2, -0.15) is 0 Å². The lowest BCUT2D eigenvalue weighted by Crippen LogP contribution is -2.43. The number of alkyl halides is 1. The van der Waals surface area contributed by atoms with Gasteiger partial charge >= 0.3 is 12.2 Å². The number of hydrogen-bond acceptors (Lipinski definition) is 6. The lowest BCUT2D eigenvalue weighted by molar-refractivity contribution is -0.121. The molecule has 2 aliphatic carbocycles. The number of carbonyl (C=O) groups excluding carboxylic acids is 4. The Hall–Kier alpha value is -4.47. The standard InChI is InChI=1S/C22H22BrNO3.C21H20ClNO3/c23-12-21(25)15-6-5-11-24(13-15)22(26)27-14-20-18-9-3-1-7-16(18)17-8-2-4-10-19(17)20;22-20(24)14-6-5-11-23(12-14)21(25)26-13-19-17-9-3-1-7-15(17)16-8-2-4-10-18(16)19/h1-4,7-10,15,20H,5-6,11-14H2;1-4,7-10,14,19H,5-6,11-13H2/t15-;14-/m11/s1. The molecule has 10 heteroatoms. The van der Waals surface area contributed by atoms with E-state index in [4.69, 9.17) is 21.1 Å². The lowest BCUT2D eigenvalue weighted by atomic mass is 9.95. The lowest BCUT2D eigenvalue weighted by Gasteiger charge is -2.31. The van der Waals surface area contributed by atoms with Crippen LogP contribution in [0.15, 0.2) is 97.1 Å². The Balaban J connectivity index is 0.000000164. The number of amides is 2. The predicted octanol–water partition coefficient (Wildman–Crippen LogP) is 9.02. The first-order valence-corrected chi connectivity index (χ1v) is 19.8. The summed E-state index contributed by atoms with van der Waals surface area (Å²) in [5.74, 6) is -0.108. The second-order valence-electron chi connectivity index (χ2n) is 14.1. The maximum Gasteiger partial charge on any atom is 0.409 e. The summed E-state index contributed by atoms with van der Waals surface area (Å²) in [6.07, 6.45) is 2.51. The van der Waals surface area contributed by atoms with E-state index in [1.165, 1.54) is 44.5 Å². The van der Waals surface area contributed by atoms with Crippen molar-refractivity contribution in [3.8, 4) is 22.3 Å². The van der Waals surface area contributed by atoms with Crippen molar-refractivity contribution in [2.45, 2.75) is 37.5 Å². The molecule has 8 rings (SSSR count). The fourth-order valence-corrected chi connectivity index (χ4v) is 8.85. The van der Waals surface area contributed by atoms with Gasteiger partial charge in [-0.05, 0) is 81.8 Å². The zero-order chi connectivity index (χ0) is 36.9. The molecular formula is C43H42BrClN2O6. The van der Waals surface area contributed by atoms with Gasteiger partial charge in [-0.15, -0.1) is 0 Å². The SMILES string of the molecule is O=C(CBr)[C@@H]1CCCN(C(=O)OCC2c3ccccc3-c3ccccc32)C1.O=C(Cl)[C@@H]1CCCN(C(=O)OCC2c3ccccc3-c3ccccc32)C1. The van der Waals surface area contributed by atoms with Crippen molar-refractivity contribution in [3.05, 3.63) is 119 Å². The van der Waals surface area contributed by atoms with E-state index in [1.807, 2.05) is 48.5 Å². The highest BCUT2D eigenvalue weighted by molar-refractivity contribution is 9.09. The molecule has 0 saturated carbocycles. The van der Waals surface area contributed by atoms with Crippen molar-refractivity contribution in [1.29, 1.82) is 0 Å². The molecule has 2 amide bonds. The number of ketones is 1. The van der Waals surface area contributed by atoms with Crippen LogP contribution in [-0.4, -0.2) is 77.7 Å². The van der Waals surface area contributed by atoms with Crippen LogP contribution in [0.25, 0.3) is 22.3 Å². The second-order valence-corrected chi connectivity index (χ2v) is 15.0. The predicted molar refractivity (Wildman–Crippen MR) is 208 cm³/mol. The van der Waals surface area contributed by atoms with Crippen molar-refractivity contribution >= 4 is 50.7 Å². The van der Waals surface area contributed by atoms with Crippen molar-refractivity contribution < 1.29 is 28.7 Å². The van der Waals surface area contributed by atoms with Crippen LogP contribution in [0.4, 0.5) is 9.59 Å². The molecule has 2 saturated heterocycles. The van der Waals surface area contributed by atoms with E-state index in [9.17, 15) is 19.2 Å². The Kier molecular flexibility index (Phi) is 11.6. The van der Waals surface area contributed by atoms with E-state index >= 15 is 0 Å². The summed E-state index contributed by atoms with van der Waals surface area (Å²) in [6.45, 7) is 2.68. The molecule has 4 aromatic rings. The molecule has 274 valence electrons. The number of halogens is 2. The molecule has 0 aromatic heterocycles. The third kappa shape index (κ3) is 7.92. The van der Waals surface area contributed by atoms with Crippen LogP contribution in [0.2, 0.25) is 0 Å². The summed E-state index contributed by atoms with van der Waals surface area (Å²) in [4.78, 5) is 51.7. The van der Waals surface area contributed by atoms with Gasteiger partial charge < -0.3 is 19.3 Å². The highest BCUT2D eigenvalue weighted by atomic mass is 79.9. The normalized spacial score (nSPS) is 18.8. The van der Waals surface area contributed by atoms with Crippen LogP contribution >= 0.6 is 27.5 Å². The molecule has 0 bridgehead atoms. The largest absolute Gasteiger partial charge is 0.448 e. The summed E-state index contributed by atoms with van der Waals surface area (Å²) in [7, 11) is 0. The van der Waals surface area contributed by atoms with Crippen LogP contribution in [0.5, 0.6) is 0 Å². The number of likely N-dealkylation sites (tertiary alicyclic amines) is 2. The molecule has 4 aromatic carbocycles. The maximum atomic E-state index is 12.6. The summed E-state index contributed by atoms with van der Waals surface area (Å²) in [5.41, 5.74) is 9.63. The second kappa shape index (κ2) is 16.7. The molecule has 2 heterocycles. The first-order chi connectivity index (χ1) is 25.8. The molecule has 2 fully saturated rings. The maximum absolute atomic E-state index is 12.6. The molecule has 0 radical (unpaired) electrons. The summed E-state index contributed by atoms with van der Waals surface area (Å²) < 4.78 is 11.3. The number of ether oxygens (including phenoxy) is 2. The topological polar surface area (TPSA) is 93.2 Å². The highest BCUT2D eigenvalue weighted by Gasteiger charge is 2.34. The fourth-order valence-electron chi connectivity index (χ4n) is 8.21. The molecule has 0 N–H and O–H groups in total. The van der Waals surface area contributed by atoms with Crippen molar-refractivity contribution in [2.75, 3.05) is 44.7 Å². The quantitative estimate of drug-likeness (QED) is 0.137. The van der Waals surface area contributed by atoms with Crippen molar-refractivity contribution in [2.24, 2.45) is 11.8 Å². The third-order valence-corrected chi connectivity index (χ3v) is 11.8. The average Bonchev–Trinajstić information content (AvgIpc) is 3.71. The smallest absolute Gasteiger partial charge is 0.409 e. The Morgan fingerprint density at radius 2 is 0.943 bits per heavy atom. The molecule has 53 heavy (non-hydrogen) atoms. The number of rotatable bonds is 7. The minimum absolute atomic E-state index is 0.0431. The van der Waals surface area contributed by atoms with E-state index in [1.54, 1.807) is 9.80 Å². The first-order valence-electron chi connectivity index (χ1n) is 18.3. The van der Waals surface area contributed by atoms with E-state index in [0.717, 1.165) is 25.7 Å². The summed E-state index contributed by atoms with van der Waals surface area (Å²) >= 11 is 8.83. The highest BCUT2D eigenvalue weighted by Crippen LogP contribution is 2.45. The van der Waals surface area contributed by atoms with Gasteiger partial charge in [0.2, 0.25) is 5.24 Å². The monoisotopic (exact) mass is 796 g/mol. The number of fused-ring (bicyclic) bond motifs is 6. The molecule has 2 atom stereocenters. The molecular weight excluding hydrogens is 756 g/mol. The minimum Gasteiger partial charge on any atom is -0.448 e. The van der Waals surface area contributed by atoms with Gasteiger partial charge in [0.05, 0.1) is 11.2 Å². The molecule has 4 aliphatic rings. The molecule has 0 spiro atoms. The molecule has 0 unspecified atom stereocenters. The van der Waals surface area contributed by atoms with Gasteiger partial charge in [-0.3, -0.25) is 9.59 Å². The van der Waals surface area contributed by atoms with Gasteiger partial charge in [-0.1, -0.05) is 113 Å². The third-order valence-electron chi connectivity index (χ3n) is 10.9. The van der Waals surface area contributed by atoms with Crippen LogP contribution in [-0.2, 0) is 19.1 Å². The zero-order valence-corrected chi connectivity index (χ0v) is 31.8. The van der Waals surface area contributed by atoms with Crippen molar-refractivity contribution in [3.63, 3.8) is 0 Å². The number of hydrogen-bond donors (Lipinski definition) is 0. The zero-order valence-electron chi connectivity index (χ0n) is 29.4. The van der Waals surface area contributed by atoms with Gasteiger partial charge in [0.15, 0.2) is 0 Å². The molecule has 8 nitrogen and oxygen atoms in total. The van der Waals surface area contributed by atoms with Crippen LogP contribution in [0.1, 0.15) is 59.8 Å². The Bertz CT molecular complexity index is 1910. The van der Waals surface area contributed by atoms with E-state index in [0.29, 0.717) is 44.7 Å². The average molecular weight is 798 g/mol. The first kappa shape index (κ1) is 36.9. The van der Waals surface area contributed by atoms with E-state index in [2.05, 4.69) is 64.5 Å². The number of carbonyl (C=O) groups is 4. The minimum atomic E-state index is -0.374. The van der Waals surface area contributed by atoms with Crippen LogP contribution in [0, 0.1) is 11.8 Å². The van der Waals surface area contributed by atoms with Gasteiger partial charge in [-0.25, -0.2) is 9.59 Å². The Labute approximate surface area is 323 Å².